The zero-order valence-corrected chi connectivity index (χ0v) is 11.7. The molecular formula is C15H16F2N2O2. The number of halogens is 2. The first-order valence-electron chi connectivity index (χ1n) is 6.96. The van der Waals surface area contributed by atoms with Crippen LogP contribution >= 0.6 is 0 Å². The van der Waals surface area contributed by atoms with Crippen LogP contribution in [0.4, 0.5) is 8.78 Å². The van der Waals surface area contributed by atoms with Crippen LogP contribution in [0.2, 0.25) is 0 Å². The molecule has 2 aliphatic rings. The molecule has 1 atom stereocenters. The van der Waals surface area contributed by atoms with E-state index in [-0.39, 0.29) is 36.4 Å². The van der Waals surface area contributed by atoms with E-state index in [0.29, 0.717) is 0 Å². The Morgan fingerprint density at radius 3 is 2.48 bits per heavy atom. The predicted octanol–water partition coefficient (Wildman–Crippen LogP) is 1.59. The third-order valence-electron chi connectivity index (χ3n) is 4.47. The van der Waals surface area contributed by atoms with Crippen molar-refractivity contribution in [2.24, 2.45) is 5.92 Å². The van der Waals surface area contributed by atoms with Gasteiger partial charge in [0.1, 0.15) is 17.2 Å². The second-order valence-electron chi connectivity index (χ2n) is 5.78. The number of hydrogen-bond donors (Lipinski definition) is 1. The number of benzene rings is 1. The molecule has 0 aromatic heterocycles. The van der Waals surface area contributed by atoms with Crippen molar-refractivity contribution in [3.05, 3.63) is 35.4 Å². The van der Waals surface area contributed by atoms with Gasteiger partial charge in [0.2, 0.25) is 11.8 Å². The summed E-state index contributed by atoms with van der Waals surface area (Å²) in [5, 5.41) is 2.57. The van der Waals surface area contributed by atoms with Crippen molar-refractivity contribution in [1.82, 2.24) is 10.2 Å². The monoisotopic (exact) mass is 294 g/mol. The van der Waals surface area contributed by atoms with Crippen LogP contribution in [-0.4, -0.2) is 28.8 Å². The largest absolute Gasteiger partial charge is 0.345 e. The SMILES string of the molecule is CC1(C2CC2)C(=O)NCC(=O)N1Cc1c(F)cccc1F. The summed E-state index contributed by atoms with van der Waals surface area (Å²) in [6.45, 7) is 1.32. The number of rotatable bonds is 3. The molecule has 1 aromatic carbocycles. The van der Waals surface area contributed by atoms with Crippen molar-refractivity contribution in [2.45, 2.75) is 31.8 Å². The number of amides is 2. The first-order chi connectivity index (χ1) is 9.94. The highest BCUT2D eigenvalue weighted by Crippen LogP contribution is 2.44. The highest BCUT2D eigenvalue weighted by atomic mass is 19.1. The fourth-order valence-corrected chi connectivity index (χ4v) is 2.96. The van der Waals surface area contributed by atoms with Crippen LogP contribution < -0.4 is 5.32 Å². The molecule has 1 aliphatic heterocycles. The van der Waals surface area contributed by atoms with Gasteiger partial charge in [0.25, 0.3) is 0 Å². The van der Waals surface area contributed by atoms with Gasteiger partial charge in [0, 0.05) is 5.56 Å². The molecule has 2 amide bonds. The number of carbonyl (C=O) groups excluding carboxylic acids is 2. The fourth-order valence-electron chi connectivity index (χ4n) is 2.96. The Morgan fingerprint density at radius 2 is 1.90 bits per heavy atom. The number of piperazine rings is 1. The van der Waals surface area contributed by atoms with Crippen LogP contribution in [0.15, 0.2) is 18.2 Å². The first kappa shape index (κ1) is 14.0. The van der Waals surface area contributed by atoms with Crippen molar-refractivity contribution in [3.8, 4) is 0 Å². The molecule has 2 fully saturated rings. The van der Waals surface area contributed by atoms with E-state index in [9.17, 15) is 18.4 Å². The molecule has 3 rings (SSSR count). The van der Waals surface area contributed by atoms with Gasteiger partial charge >= 0.3 is 0 Å². The minimum Gasteiger partial charge on any atom is -0.345 e. The maximum atomic E-state index is 13.8. The van der Waals surface area contributed by atoms with E-state index < -0.39 is 17.2 Å². The lowest BCUT2D eigenvalue weighted by Gasteiger charge is -2.44. The van der Waals surface area contributed by atoms with E-state index in [0.717, 1.165) is 25.0 Å². The Labute approximate surface area is 121 Å². The summed E-state index contributed by atoms with van der Waals surface area (Å²) in [6.07, 6.45) is 1.68. The number of nitrogens with zero attached hydrogens (tertiary/aromatic N) is 1. The molecule has 0 spiro atoms. The average molecular weight is 294 g/mol. The Bertz CT molecular complexity index is 595. The van der Waals surface area contributed by atoms with Gasteiger partial charge in [-0.15, -0.1) is 0 Å². The van der Waals surface area contributed by atoms with Crippen molar-refractivity contribution in [1.29, 1.82) is 0 Å². The van der Waals surface area contributed by atoms with Gasteiger partial charge in [0.15, 0.2) is 0 Å². The minimum atomic E-state index is -1.02. The summed E-state index contributed by atoms with van der Waals surface area (Å²) in [6, 6.07) is 3.59. The molecule has 6 heteroatoms. The number of nitrogens with one attached hydrogen (secondary N) is 1. The van der Waals surface area contributed by atoms with Crippen LogP contribution in [0, 0.1) is 17.6 Å². The predicted molar refractivity (Wildman–Crippen MR) is 71.0 cm³/mol. The van der Waals surface area contributed by atoms with E-state index in [2.05, 4.69) is 5.32 Å². The third-order valence-corrected chi connectivity index (χ3v) is 4.47. The molecule has 1 heterocycles. The molecule has 112 valence electrons. The normalized spacial score (nSPS) is 26.0. The van der Waals surface area contributed by atoms with Gasteiger partial charge in [-0.05, 0) is 37.8 Å². The zero-order valence-electron chi connectivity index (χ0n) is 11.7. The Hall–Kier alpha value is -1.98. The van der Waals surface area contributed by atoms with E-state index >= 15 is 0 Å². The van der Waals surface area contributed by atoms with Gasteiger partial charge in [-0.2, -0.15) is 0 Å². The lowest BCUT2D eigenvalue weighted by molar-refractivity contribution is -0.155. The molecule has 1 aromatic rings. The summed E-state index contributed by atoms with van der Waals surface area (Å²) in [7, 11) is 0. The summed E-state index contributed by atoms with van der Waals surface area (Å²) in [5.74, 6) is -1.91. The Kier molecular flexibility index (Phi) is 3.19. The molecule has 4 nitrogen and oxygen atoms in total. The summed E-state index contributed by atoms with van der Waals surface area (Å²) in [5.41, 5.74) is -1.20. The summed E-state index contributed by atoms with van der Waals surface area (Å²) in [4.78, 5) is 25.7. The van der Waals surface area contributed by atoms with Gasteiger partial charge < -0.3 is 10.2 Å². The molecule has 0 bridgehead atoms. The number of hydrogen-bond acceptors (Lipinski definition) is 2. The summed E-state index contributed by atoms with van der Waals surface area (Å²) >= 11 is 0. The van der Waals surface area contributed by atoms with Crippen LogP contribution in [0.3, 0.4) is 0 Å². The molecular weight excluding hydrogens is 278 g/mol. The van der Waals surface area contributed by atoms with Gasteiger partial charge in [-0.25, -0.2) is 8.78 Å². The maximum absolute atomic E-state index is 13.8. The molecule has 0 radical (unpaired) electrons. The smallest absolute Gasteiger partial charge is 0.246 e. The molecule has 1 unspecified atom stereocenters. The van der Waals surface area contributed by atoms with Crippen molar-refractivity contribution >= 4 is 11.8 Å². The lowest BCUT2D eigenvalue weighted by atomic mass is 9.89. The molecule has 1 saturated heterocycles. The van der Waals surface area contributed by atoms with E-state index in [1.807, 2.05) is 0 Å². The minimum absolute atomic E-state index is 0.0524. The van der Waals surface area contributed by atoms with Crippen molar-refractivity contribution in [2.75, 3.05) is 6.54 Å². The van der Waals surface area contributed by atoms with Crippen molar-refractivity contribution < 1.29 is 18.4 Å². The second-order valence-corrected chi connectivity index (χ2v) is 5.78. The van der Waals surface area contributed by atoms with Crippen LogP contribution in [0.5, 0.6) is 0 Å². The second kappa shape index (κ2) is 4.79. The van der Waals surface area contributed by atoms with Crippen molar-refractivity contribution in [3.63, 3.8) is 0 Å². The lowest BCUT2D eigenvalue weighted by Crippen LogP contribution is -2.66. The standard InChI is InChI=1S/C15H16F2N2O2/c1-15(9-5-6-9)14(21)18-7-13(20)19(15)8-10-11(16)3-2-4-12(10)17/h2-4,9H,5-8H2,1H3,(H,18,21). The average Bonchev–Trinajstić information content (AvgIpc) is 3.27. The third kappa shape index (κ3) is 2.18. The zero-order chi connectivity index (χ0) is 15.2. The molecule has 1 saturated carbocycles. The highest BCUT2D eigenvalue weighted by molar-refractivity contribution is 5.98. The summed E-state index contributed by atoms with van der Waals surface area (Å²) < 4.78 is 27.6. The van der Waals surface area contributed by atoms with E-state index in [1.54, 1.807) is 6.92 Å². The van der Waals surface area contributed by atoms with Crippen LogP contribution in [0.1, 0.15) is 25.3 Å². The fraction of sp³-hybridized carbons (Fsp3) is 0.467. The van der Waals surface area contributed by atoms with Crippen LogP contribution in [-0.2, 0) is 16.1 Å². The molecule has 1 N–H and O–H groups in total. The topological polar surface area (TPSA) is 49.4 Å². The van der Waals surface area contributed by atoms with Gasteiger partial charge in [-0.1, -0.05) is 6.07 Å². The van der Waals surface area contributed by atoms with Gasteiger partial charge in [-0.3, -0.25) is 9.59 Å². The Morgan fingerprint density at radius 1 is 1.29 bits per heavy atom. The highest BCUT2D eigenvalue weighted by Gasteiger charge is 2.55. The number of carbonyl (C=O) groups is 2. The molecule has 1 aliphatic carbocycles. The van der Waals surface area contributed by atoms with E-state index in [4.69, 9.17) is 0 Å². The maximum Gasteiger partial charge on any atom is 0.246 e. The quantitative estimate of drug-likeness (QED) is 0.920. The first-order valence-corrected chi connectivity index (χ1v) is 6.96. The molecule has 21 heavy (non-hydrogen) atoms. The van der Waals surface area contributed by atoms with Gasteiger partial charge in [0.05, 0.1) is 13.1 Å². The van der Waals surface area contributed by atoms with Crippen LogP contribution in [0.25, 0.3) is 0 Å². The Balaban J connectivity index is 1.97. The van der Waals surface area contributed by atoms with E-state index in [1.165, 1.54) is 11.0 Å².